The molecular weight excluding hydrogens is 498 g/mol. The third kappa shape index (κ3) is 6.48. The summed E-state index contributed by atoms with van der Waals surface area (Å²) in [5.41, 5.74) is 4.06. The number of anilines is 1. The highest BCUT2D eigenvalue weighted by Crippen LogP contribution is 2.31. The minimum absolute atomic E-state index is 0.0647. The van der Waals surface area contributed by atoms with Crippen molar-refractivity contribution in [3.63, 3.8) is 0 Å². The molecule has 1 amide bonds. The maximum atomic E-state index is 12.7. The topological polar surface area (TPSA) is 72.7 Å². The number of rotatable bonds is 10. The standard InChI is InChI=1S/C29H33N5OS2/c1-3-17-34-26(16-10-21-7-5-4-6-8-21)32-33-29(34)36-19-27(35)30-23-13-11-22(12-14-23)28-31-24-15-9-20(2)18-25(24)37-28/h3,9,11-15,18,21H,1,4-8,10,16-17,19H2,2H3,(H,30,35). The monoisotopic (exact) mass is 531 g/mol. The lowest BCUT2D eigenvalue weighted by molar-refractivity contribution is -0.113. The van der Waals surface area contributed by atoms with Gasteiger partial charge < -0.3 is 9.88 Å². The second-order valence-corrected chi connectivity index (χ2v) is 11.7. The van der Waals surface area contributed by atoms with Crippen molar-refractivity contribution in [2.75, 3.05) is 11.1 Å². The molecule has 0 saturated heterocycles. The lowest BCUT2D eigenvalue weighted by Gasteiger charge is -2.21. The van der Waals surface area contributed by atoms with Gasteiger partial charge in [0.25, 0.3) is 0 Å². The van der Waals surface area contributed by atoms with Crippen molar-refractivity contribution in [1.29, 1.82) is 0 Å². The summed E-state index contributed by atoms with van der Waals surface area (Å²) in [5, 5.41) is 13.6. The summed E-state index contributed by atoms with van der Waals surface area (Å²) in [4.78, 5) is 17.4. The first-order chi connectivity index (χ1) is 18.1. The largest absolute Gasteiger partial charge is 0.325 e. The molecule has 0 radical (unpaired) electrons. The Hall–Kier alpha value is -2.97. The predicted octanol–water partition coefficient (Wildman–Crippen LogP) is 7.29. The van der Waals surface area contributed by atoms with Crippen LogP contribution >= 0.6 is 23.1 Å². The zero-order valence-corrected chi connectivity index (χ0v) is 22.9. The van der Waals surface area contributed by atoms with Crippen LogP contribution in [0, 0.1) is 12.8 Å². The fourth-order valence-corrected chi connectivity index (χ4v) is 6.75. The molecule has 0 aliphatic heterocycles. The van der Waals surface area contributed by atoms with E-state index in [1.165, 1.54) is 54.1 Å². The second kappa shape index (κ2) is 12.0. The SMILES string of the molecule is C=CCn1c(CCC2CCCCC2)nnc1SCC(=O)Nc1ccc(-c2nc3ccc(C)cc3s2)cc1. The summed E-state index contributed by atoms with van der Waals surface area (Å²) < 4.78 is 3.29. The number of hydrogen-bond acceptors (Lipinski definition) is 6. The zero-order chi connectivity index (χ0) is 25.6. The van der Waals surface area contributed by atoms with Gasteiger partial charge >= 0.3 is 0 Å². The van der Waals surface area contributed by atoms with Gasteiger partial charge in [-0.3, -0.25) is 4.79 Å². The number of nitrogens with one attached hydrogen (secondary N) is 1. The van der Waals surface area contributed by atoms with Gasteiger partial charge in [-0.05, 0) is 61.2 Å². The zero-order valence-electron chi connectivity index (χ0n) is 21.3. The Balaban J connectivity index is 1.16. The predicted molar refractivity (Wildman–Crippen MR) is 154 cm³/mol. The van der Waals surface area contributed by atoms with Crippen LogP contribution in [0.2, 0.25) is 0 Å². The first-order valence-corrected chi connectivity index (χ1v) is 14.8. The van der Waals surface area contributed by atoms with Crippen molar-refractivity contribution in [1.82, 2.24) is 19.7 Å². The molecule has 4 aromatic rings. The van der Waals surface area contributed by atoms with Crippen LogP contribution in [0.4, 0.5) is 5.69 Å². The number of thiazole rings is 1. The Labute approximate surface area is 226 Å². The Morgan fingerprint density at radius 2 is 1.97 bits per heavy atom. The number of benzene rings is 2. The van der Waals surface area contributed by atoms with Crippen LogP contribution < -0.4 is 5.32 Å². The highest BCUT2D eigenvalue weighted by molar-refractivity contribution is 7.99. The Morgan fingerprint density at radius 3 is 2.76 bits per heavy atom. The van der Waals surface area contributed by atoms with Crippen LogP contribution in [0.3, 0.4) is 0 Å². The molecule has 1 aliphatic carbocycles. The van der Waals surface area contributed by atoms with Gasteiger partial charge in [0.15, 0.2) is 5.16 Å². The van der Waals surface area contributed by atoms with Crippen LogP contribution in [0.1, 0.15) is 49.9 Å². The van der Waals surface area contributed by atoms with Gasteiger partial charge in [0.05, 0.1) is 16.0 Å². The van der Waals surface area contributed by atoms with Crippen LogP contribution in [0.25, 0.3) is 20.8 Å². The van der Waals surface area contributed by atoms with E-state index < -0.39 is 0 Å². The highest BCUT2D eigenvalue weighted by atomic mass is 32.2. The smallest absolute Gasteiger partial charge is 0.234 e. The summed E-state index contributed by atoms with van der Waals surface area (Å²) in [6.45, 7) is 6.64. The molecule has 1 N–H and O–H groups in total. The van der Waals surface area contributed by atoms with Gasteiger partial charge in [-0.1, -0.05) is 56.0 Å². The van der Waals surface area contributed by atoms with E-state index in [1.54, 1.807) is 11.3 Å². The minimum atomic E-state index is -0.0647. The lowest BCUT2D eigenvalue weighted by atomic mass is 9.86. The number of nitrogens with zero attached hydrogens (tertiary/aromatic N) is 4. The number of carbonyl (C=O) groups is 1. The van der Waals surface area contributed by atoms with Crippen molar-refractivity contribution in [2.24, 2.45) is 5.92 Å². The summed E-state index contributed by atoms with van der Waals surface area (Å²) >= 11 is 3.11. The quantitative estimate of drug-likeness (QED) is 0.172. The van der Waals surface area contributed by atoms with E-state index in [9.17, 15) is 4.79 Å². The molecule has 37 heavy (non-hydrogen) atoms. The van der Waals surface area contributed by atoms with Crippen molar-refractivity contribution in [3.05, 3.63) is 66.5 Å². The molecule has 6 nitrogen and oxygen atoms in total. The number of fused-ring (bicyclic) bond motifs is 1. The van der Waals surface area contributed by atoms with Crippen LogP contribution in [-0.2, 0) is 17.8 Å². The molecule has 2 aromatic carbocycles. The minimum Gasteiger partial charge on any atom is -0.325 e. The maximum Gasteiger partial charge on any atom is 0.234 e. The molecule has 5 rings (SSSR count). The van der Waals surface area contributed by atoms with Crippen LogP contribution in [-0.4, -0.2) is 31.4 Å². The molecule has 2 aromatic heterocycles. The van der Waals surface area contributed by atoms with Gasteiger partial charge in [0.2, 0.25) is 5.91 Å². The van der Waals surface area contributed by atoms with Gasteiger partial charge in [-0.25, -0.2) is 4.98 Å². The number of aromatic nitrogens is 4. The molecule has 192 valence electrons. The van der Waals surface area contributed by atoms with Crippen molar-refractivity contribution >= 4 is 44.9 Å². The van der Waals surface area contributed by atoms with E-state index in [0.717, 1.165) is 51.5 Å². The highest BCUT2D eigenvalue weighted by Gasteiger charge is 2.18. The van der Waals surface area contributed by atoms with Crippen LogP contribution in [0.5, 0.6) is 0 Å². The first-order valence-electron chi connectivity index (χ1n) is 13.0. The van der Waals surface area contributed by atoms with E-state index in [0.29, 0.717) is 6.54 Å². The van der Waals surface area contributed by atoms with E-state index in [2.05, 4.69) is 51.8 Å². The van der Waals surface area contributed by atoms with E-state index >= 15 is 0 Å². The molecule has 2 heterocycles. The second-order valence-electron chi connectivity index (χ2n) is 9.75. The molecular formula is C29H33N5OS2. The number of thioether (sulfide) groups is 1. The van der Waals surface area contributed by atoms with Crippen molar-refractivity contribution < 1.29 is 4.79 Å². The average molecular weight is 532 g/mol. The molecule has 1 saturated carbocycles. The Bertz CT molecular complexity index is 1370. The number of aryl methyl sites for hydroxylation is 2. The van der Waals surface area contributed by atoms with Crippen LogP contribution in [0.15, 0.2) is 60.3 Å². The third-order valence-corrected chi connectivity index (χ3v) is 8.93. The molecule has 1 aliphatic rings. The normalized spacial score (nSPS) is 14.2. The van der Waals surface area contributed by atoms with Gasteiger partial charge in [0.1, 0.15) is 10.8 Å². The molecule has 0 atom stereocenters. The fourth-order valence-electron chi connectivity index (χ4n) is 4.91. The van der Waals surface area contributed by atoms with Crippen molar-refractivity contribution in [2.45, 2.75) is 63.6 Å². The molecule has 0 bridgehead atoms. The number of carbonyl (C=O) groups excluding carboxylic acids is 1. The van der Waals surface area contributed by atoms with Gasteiger partial charge in [-0.2, -0.15) is 0 Å². The average Bonchev–Trinajstić information content (AvgIpc) is 3.51. The van der Waals surface area contributed by atoms with E-state index in [-0.39, 0.29) is 11.7 Å². The van der Waals surface area contributed by atoms with E-state index in [1.807, 2.05) is 30.3 Å². The Morgan fingerprint density at radius 1 is 1.16 bits per heavy atom. The fraction of sp³-hybridized carbons (Fsp3) is 0.379. The summed E-state index contributed by atoms with van der Waals surface area (Å²) in [6, 6.07) is 14.2. The number of allylic oxidation sites excluding steroid dienone is 1. The number of amides is 1. The summed E-state index contributed by atoms with van der Waals surface area (Å²) in [7, 11) is 0. The lowest BCUT2D eigenvalue weighted by Crippen LogP contribution is -2.15. The first kappa shape index (κ1) is 25.7. The maximum absolute atomic E-state index is 12.7. The number of hydrogen-bond donors (Lipinski definition) is 1. The van der Waals surface area contributed by atoms with E-state index in [4.69, 9.17) is 4.98 Å². The van der Waals surface area contributed by atoms with Gasteiger partial charge in [-0.15, -0.1) is 28.1 Å². The summed E-state index contributed by atoms with van der Waals surface area (Å²) in [6.07, 6.45) is 10.7. The van der Waals surface area contributed by atoms with Gasteiger partial charge in [0, 0.05) is 24.2 Å². The third-order valence-electron chi connectivity index (χ3n) is 6.90. The molecule has 0 unspecified atom stereocenters. The molecule has 8 heteroatoms. The summed E-state index contributed by atoms with van der Waals surface area (Å²) in [5.74, 6) is 2.01. The Kier molecular flexibility index (Phi) is 8.36. The van der Waals surface area contributed by atoms with Crippen molar-refractivity contribution in [3.8, 4) is 10.6 Å². The molecule has 1 fully saturated rings. The molecule has 0 spiro atoms.